The van der Waals surface area contributed by atoms with Crippen molar-refractivity contribution in [2.45, 2.75) is 45.7 Å². The largest absolute Gasteiger partial charge is 0.494 e. The van der Waals surface area contributed by atoms with Crippen molar-refractivity contribution in [3.05, 3.63) is 26.4 Å². The summed E-state index contributed by atoms with van der Waals surface area (Å²) in [6.45, 7) is 5.92. The smallest absolute Gasteiger partial charge is 0.331 e. The van der Waals surface area contributed by atoms with Crippen LogP contribution in [0.5, 0.6) is 5.88 Å². The molecule has 1 fully saturated rings. The van der Waals surface area contributed by atoms with Crippen LogP contribution < -0.4 is 11.2 Å². The fourth-order valence-corrected chi connectivity index (χ4v) is 2.39. The molecular weight excluding hydrogens is 246 g/mol. The molecule has 1 saturated carbocycles. The van der Waals surface area contributed by atoms with Gasteiger partial charge in [-0.2, -0.15) is 0 Å². The van der Waals surface area contributed by atoms with Crippen molar-refractivity contribution in [3.63, 3.8) is 0 Å². The molecule has 106 valence electrons. The van der Waals surface area contributed by atoms with E-state index in [0.29, 0.717) is 25.6 Å². The SMILES string of the molecule is CCc1c(O)n(CCN(CC)C2CC2)c(=O)[nH]c1=O. The first-order chi connectivity index (χ1) is 9.08. The average Bonchev–Trinajstić information content (AvgIpc) is 3.18. The van der Waals surface area contributed by atoms with Crippen molar-refractivity contribution in [3.8, 4) is 5.88 Å². The van der Waals surface area contributed by atoms with Gasteiger partial charge in [0.2, 0.25) is 5.88 Å². The highest BCUT2D eigenvalue weighted by atomic mass is 16.3. The van der Waals surface area contributed by atoms with Crippen molar-refractivity contribution in [1.29, 1.82) is 0 Å². The summed E-state index contributed by atoms with van der Waals surface area (Å²) < 4.78 is 1.26. The molecule has 1 aliphatic rings. The fourth-order valence-electron chi connectivity index (χ4n) is 2.39. The number of hydrogen-bond acceptors (Lipinski definition) is 4. The molecule has 0 radical (unpaired) electrons. The molecule has 1 aromatic rings. The van der Waals surface area contributed by atoms with Gasteiger partial charge in [0, 0.05) is 19.1 Å². The lowest BCUT2D eigenvalue weighted by molar-refractivity contribution is 0.256. The Morgan fingerprint density at radius 3 is 2.58 bits per heavy atom. The Balaban J connectivity index is 2.19. The summed E-state index contributed by atoms with van der Waals surface area (Å²) in [7, 11) is 0. The number of aromatic nitrogens is 2. The van der Waals surface area contributed by atoms with Gasteiger partial charge < -0.3 is 5.11 Å². The lowest BCUT2D eigenvalue weighted by Gasteiger charge is -2.20. The van der Waals surface area contributed by atoms with Crippen molar-refractivity contribution >= 4 is 0 Å². The number of H-pyrrole nitrogens is 1. The van der Waals surface area contributed by atoms with Gasteiger partial charge in [0.1, 0.15) is 0 Å². The molecular formula is C13H21N3O3. The van der Waals surface area contributed by atoms with Gasteiger partial charge in [-0.3, -0.25) is 19.2 Å². The molecule has 0 unspecified atom stereocenters. The second-order valence-corrected chi connectivity index (χ2v) is 4.93. The Morgan fingerprint density at radius 1 is 1.37 bits per heavy atom. The quantitative estimate of drug-likeness (QED) is 0.776. The van der Waals surface area contributed by atoms with Crippen molar-refractivity contribution in [2.24, 2.45) is 0 Å². The highest BCUT2D eigenvalue weighted by Crippen LogP contribution is 2.26. The second kappa shape index (κ2) is 5.61. The summed E-state index contributed by atoms with van der Waals surface area (Å²) in [5, 5.41) is 10.0. The Labute approximate surface area is 111 Å². The number of hydrogen-bond donors (Lipinski definition) is 2. The van der Waals surface area contributed by atoms with E-state index in [0.717, 1.165) is 6.54 Å². The first kappa shape index (κ1) is 13.9. The van der Waals surface area contributed by atoms with Crippen LogP contribution in [0.15, 0.2) is 9.59 Å². The van der Waals surface area contributed by atoms with Crippen LogP contribution in [-0.2, 0) is 13.0 Å². The predicted octanol–water partition coefficient (Wildman–Crippen LogP) is 0.289. The Kier molecular flexibility index (Phi) is 4.09. The monoisotopic (exact) mass is 267 g/mol. The first-order valence-electron chi connectivity index (χ1n) is 6.87. The van der Waals surface area contributed by atoms with Gasteiger partial charge in [-0.25, -0.2) is 4.79 Å². The van der Waals surface area contributed by atoms with Crippen LogP contribution in [0, 0.1) is 0 Å². The summed E-state index contributed by atoms with van der Waals surface area (Å²) in [6, 6.07) is 0.622. The number of rotatable bonds is 6. The molecule has 1 aromatic heterocycles. The average molecular weight is 267 g/mol. The van der Waals surface area contributed by atoms with Gasteiger partial charge in [-0.1, -0.05) is 13.8 Å². The molecule has 2 N–H and O–H groups in total. The second-order valence-electron chi connectivity index (χ2n) is 4.93. The highest BCUT2D eigenvalue weighted by Gasteiger charge is 2.27. The lowest BCUT2D eigenvalue weighted by atomic mass is 10.2. The number of likely N-dealkylation sites (N-methyl/N-ethyl adjacent to an activating group) is 1. The zero-order valence-corrected chi connectivity index (χ0v) is 11.5. The van der Waals surface area contributed by atoms with Gasteiger partial charge in [0.15, 0.2) is 0 Å². The van der Waals surface area contributed by atoms with Crippen LogP contribution in [-0.4, -0.2) is 38.7 Å². The predicted molar refractivity (Wildman–Crippen MR) is 72.6 cm³/mol. The standard InChI is InChI=1S/C13H21N3O3/c1-3-10-11(17)14-13(19)16(12(10)18)8-7-15(4-2)9-5-6-9/h9,18H,3-8H2,1-2H3,(H,14,17,19). The maximum atomic E-state index is 11.7. The zero-order chi connectivity index (χ0) is 14.0. The van der Waals surface area contributed by atoms with Crippen molar-refractivity contribution in [2.75, 3.05) is 13.1 Å². The van der Waals surface area contributed by atoms with Crippen molar-refractivity contribution in [1.82, 2.24) is 14.5 Å². The Morgan fingerprint density at radius 2 is 2.05 bits per heavy atom. The molecule has 0 aliphatic heterocycles. The highest BCUT2D eigenvalue weighted by molar-refractivity contribution is 5.22. The van der Waals surface area contributed by atoms with Crippen LogP contribution in [0.25, 0.3) is 0 Å². The first-order valence-corrected chi connectivity index (χ1v) is 6.87. The van der Waals surface area contributed by atoms with Gasteiger partial charge in [0.05, 0.1) is 5.56 Å². The molecule has 0 spiro atoms. The molecule has 6 nitrogen and oxygen atoms in total. The number of nitrogens with zero attached hydrogens (tertiary/aromatic N) is 2. The minimum Gasteiger partial charge on any atom is -0.494 e. The van der Waals surface area contributed by atoms with E-state index < -0.39 is 11.2 Å². The van der Waals surface area contributed by atoms with E-state index in [4.69, 9.17) is 0 Å². The molecule has 0 aromatic carbocycles. The minimum absolute atomic E-state index is 0.192. The third-order valence-electron chi connectivity index (χ3n) is 3.70. The van der Waals surface area contributed by atoms with E-state index in [2.05, 4.69) is 16.8 Å². The summed E-state index contributed by atoms with van der Waals surface area (Å²) in [5.41, 5.74) is -0.753. The molecule has 6 heteroatoms. The number of aromatic amines is 1. The van der Waals surface area contributed by atoms with E-state index in [1.165, 1.54) is 17.4 Å². The summed E-state index contributed by atoms with van der Waals surface area (Å²) in [5.74, 6) is -0.192. The number of nitrogens with one attached hydrogen (secondary N) is 1. The molecule has 0 amide bonds. The fraction of sp³-hybridized carbons (Fsp3) is 0.692. The summed E-state index contributed by atoms with van der Waals surface area (Å²) in [4.78, 5) is 27.8. The maximum Gasteiger partial charge on any atom is 0.331 e. The van der Waals surface area contributed by atoms with Crippen LogP contribution in [0.4, 0.5) is 0 Å². The van der Waals surface area contributed by atoms with Gasteiger partial charge in [0.25, 0.3) is 5.56 Å². The molecule has 1 heterocycles. The van der Waals surface area contributed by atoms with Crippen LogP contribution in [0.2, 0.25) is 0 Å². The lowest BCUT2D eigenvalue weighted by Crippen LogP contribution is -2.36. The van der Waals surface area contributed by atoms with Gasteiger partial charge in [-0.05, 0) is 25.8 Å². The normalized spacial score (nSPS) is 15.1. The Hall–Kier alpha value is -1.56. The van der Waals surface area contributed by atoms with Gasteiger partial charge >= 0.3 is 5.69 Å². The van der Waals surface area contributed by atoms with Gasteiger partial charge in [-0.15, -0.1) is 0 Å². The van der Waals surface area contributed by atoms with E-state index >= 15 is 0 Å². The summed E-state index contributed by atoms with van der Waals surface area (Å²) in [6.07, 6.45) is 2.82. The van der Waals surface area contributed by atoms with E-state index in [1.54, 1.807) is 6.92 Å². The molecule has 0 bridgehead atoms. The van der Waals surface area contributed by atoms with Crippen LogP contribution >= 0.6 is 0 Å². The molecule has 19 heavy (non-hydrogen) atoms. The van der Waals surface area contributed by atoms with E-state index in [-0.39, 0.29) is 11.4 Å². The third kappa shape index (κ3) is 2.89. The number of aromatic hydroxyl groups is 1. The molecule has 2 rings (SSSR count). The van der Waals surface area contributed by atoms with Crippen LogP contribution in [0.3, 0.4) is 0 Å². The van der Waals surface area contributed by atoms with E-state index in [9.17, 15) is 14.7 Å². The minimum atomic E-state index is -0.536. The van der Waals surface area contributed by atoms with E-state index in [1.807, 2.05) is 0 Å². The van der Waals surface area contributed by atoms with Crippen LogP contribution in [0.1, 0.15) is 32.3 Å². The Bertz CT molecular complexity index is 557. The molecule has 0 atom stereocenters. The molecule has 0 saturated heterocycles. The summed E-state index contributed by atoms with van der Waals surface area (Å²) >= 11 is 0. The topological polar surface area (TPSA) is 78.3 Å². The third-order valence-corrected chi connectivity index (χ3v) is 3.70. The van der Waals surface area contributed by atoms with Crippen molar-refractivity contribution < 1.29 is 5.11 Å². The molecule has 1 aliphatic carbocycles. The maximum absolute atomic E-state index is 11.7. The zero-order valence-electron chi connectivity index (χ0n) is 11.5.